The van der Waals surface area contributed by atoms with E-state index in [-0.39, 0.29) is 11.8 Å². The van der Waals surface area contributed by atoms with Gasteiger partial charge in [0.05, 0.1) is 5.92 Å². The maximum absolute atomic E-state index is 12.0. The molecule has 2 fully saturated rings. The van der Waals surface area contributed by atoms with Crippen molar-refractivity contribution in [1.29, 1.82) is 0 Å². The predicted octanol–water partition coefficient (Wildman–Crippen LogP) is 1.75. The number of carboxylic acid groups (broad SMARTS) is 1. The van der Waals surface area contributed by atoms with Crippen molar-refractivity contribution in [1.82, 2.24) is 4.90 Å². The first-order chi connectivity index (χ1) is 8.06. The lowest BCUT2D eigenvalue weighted by atomic mass is 10.0. The number of likely N-dealkylation sites (tertiary alicyclic amines) is 1. The van der Waals surface area contributed by atoms with E-state index in [4.69, 9.17) is 5.11 Å². The normalized spacial score (nSPS) is 33.0. The Morgan fingerprint density at radius 3 is 2.59 bits per heavy atom. The first-order valence-electron chi connectivity index (χ1n) is 6.57. The molecule has 0 aromatic rings. The van der Waals surface area contributed by atoms with Gasteiger partial charge in [0.15, 0.2) is 0 Å². The minimum atomic E-state index is -0.769. The van der Waals surface area contributed by atoms with E-state index in [0.29, 0.717) is 31.8 Å². The van der Waals surface area contributed by atoms with E-state index in [1.165, 1.54) is 6.42 Å². The molecule has 0 bridgehead atoms. The SMILES string of the molecule is CC1CCC(CC(=O)N2CCC(C(=O)O)C2)C1. The van der Waals surface area contributed by atoms with Crippen LogP contribution in [0.3, 0.4) is 0 Å². The molecule has 1 saturated carbocycles. The van der Waals surface area contributed by atoms with Gasteiger partial charge in [0.25, 0.3) is 0 Å². The summed E-state index contributed by atoms with van der Waals surface area (Å²) in [6.45, 7) is 3.27. The molecule has 2 aliphatic rings. The minimum Gasteiger partial charge on any atom is -0.481 e. The lowest BCUT2D eigenvalue weighted by Gasteiger charge is -2.18. The molecule has 0 radical (unpaired) electrons. The monoisotopic (exact) mass is 239 g/mol. The molecule has 17 heavy (non-hydrogen) atoms. The Morgan fingerprint density at radius 2 is 2.06 bits per heavy atom. The standard InChI is InChI=1S/C13H21NO3/c1-9-2-3-10(6-9)7-12(15)14-5-4-11(8-14)13(16)17/h9-11H,2-8H2,1H3,(H,16,17). The molecule has 1 amide bonds. The van der Waals surface area contributed by atoms with Crippen LogP contribution in [0.25, 0.3) is 0 Å². The van der Waals surface area contributed by atoms with Gasteiger partial charge in [-0.2, -0.15) is 0 Å². The molecule has 4 heteroatoms. The summed E-state index contributed by atoms with van der Waals surface area (Å²) in [6.07, 6.45) is 4.78. The van der Waals surface area contributed by atoms with Gasteiger partial charge >= 0.3 is 5.97 Å². The summed E-state index contributed by atoms with van der Waals surface area (Å²) < 4.78 is 0. The molecular formula is C13H21NO3. The van der Waals surface area contributed by atoms with Crippen molar-refractivity contribution in [2.75, 3.05) is 13.1 Å². The fourth-order valence-electron chi connectivity index (χ4n) is 3.07. The van der Waals surface area contributed by atoms with E-state index in [1.54, 1.807) is 4.90 Å². The Balaban J connectivity index is 1.79. The van der Waals surface area contributed by atoms with Crippen molar-refractivity contribution in [3.8, 4) is 0 Å². The molecular weight excluding hydrogens is 218 g/mol. The molecule has 4 nitrogen and oxygen atoms in total. The van der Waals surface area contributed by atoms with Gasteiger partial charge in [-0.05, 0) is 31.1 Å². The highest BCUT2D eigenvalue weighted by Crippen LogP contribution is 2.33. The van der Waals surface area contributed by atoms with Crippen molar-refractivity contribution < 1.29 is 14.7 Å². The summed E-state index contributed by atoms with van der Waals surface area (Å²) in [5.74, 6) is 0.323. The molecule has 1 saturated heterocycles. The Hall–Kier alpha value is -1.06. The highest BCUT2D eigenvalue weighted by Gasteiger charge is 2.32. The first kappa shape index (κ1) is 12.4. The van der Waals surface area contributed by atoms with Crippen molar-refractivity contribution in [2.24, 2.45) is 17.8 Å². The molecule has 0 aromatic heterocycles. The minimum absolute atomic E-state index is 0.160. The van der Waals surface area contributed by atoms with E-state index < -0.39 is 5.97 Å². The van der Waals surface area contributed by atoms with Crippen LogP contribution in [-0.4, -0.2) is 35.0 Å². The predicted molar refractivity (Wildman–Crippen MR) is 63.4 cm³/mol. The second kappa shape index (κ2) is 5.07. The van der Waals surface area contributed by atoms with Gasteiger partial charge in [0.2, 0.25) is 5.91 Å². The quantitative estimate of drug-likeness (QED) is 0.816. The van der Waals surface area contributed by atoms with E-state index in [2.05, 4.69) is 6.92 Å². The largest absolute Gasteiger partial charge is 0.481 e. The zero-order valence-corrected chi connectivity index (χ0v) is 10.4. The fraction of sp³-hybridized carbons (Fsp3) is 0.846. The van der Waals surface area contributed by atoms with E-state index in [1.807, 2.05) is 0 Å². The van der Waals surface area contributed by atoms with Crippen LogP contribution in [0, 0.1) is 17.8 Å². The lowest BCUT2D eigenvalue weighted by molar-refractivity contribution is -0.141. The maximum atomic E-state index is 12.0. The number of hydrogen-bond acceptors (Lipinski definition) is 2. The molecule has 0 aromatic carbocycles. The molecule has 96 valence electrons. The van der Waals surface area contributed by atoms with Crippen LogP contribution in [0.4, 0.5) is 0 Å². The second-order valence-corrected chi connectivity index (χ2v) is 5.65. The van der Waals surface area contributed by atoms with Crippen molar-refractivity contribution in [3.05, 3.63) is 0 Å². The smallest absolute Gasteiger partial charge is 0.308 e. The van der Waals surface area contributed by atoms with E-state index in [0.717, 1.165) is 18.8 Å². The van der Waals surface area contributed by atoms with Gasteiger partial charge < -0.3 is 10.0 Å². The van der Waals surface area contributed by atoms with Crippen LogP contribution >= 0.6 is 0 Å². The van der Waals surface area contributed by atoms with Gasteiger partial charge in [0.1, 0.15) is 0 Å². The Morgan fingerprint density at radius 1 is 1.29 bits per heavy atom. The Labute approximate surface area is 102 Å². The summed E-state index contributed by atoms with van der Waals surface area (Å²) in [5.41, 5.74) is 0. The topological polar surface area (TPSA) is 57.6 Å². The van der Waals surface area contributed by atoms with Crippen molar-refractivity contribution in [2.45, 2.75) is 39.0 Å². The molecule has 0 spiro atoms. The molecule has 3 atom stereocenters. The number of aliphatic carboxylic acids is 1. The van der Waals surface area contributed by atoms with Crippen molar-refractivity contribution in [3.63, 3.8) is 0 Å². The van der Waals surface area contributed by atoms with Gasteiger partial charge in [0, 0.05) is 19.5 Å². The number of carbonyl (C=O) groups excluding carboxylic acids is 1. The summed E-state index contributed by atoms with van der Waals surface area (Å²) in [7, 11) is 0. The Bertz CT molecular complexity index is 316. The molecule has 1 N–H and O–H groups in total. The van der Waals surface area contributed by atoms with Crippen LogP contribution in [-0.2, 0) is 9.59 Å². The molecule has 1 aliphatic heterocycles. The van der Waals surface area contributed by atoms with E-state index in [9.17, 15) is 9.59 Å². The van der Waals surface area contributed by atoms with Crippen LogP contribution in [0.1, 0.15) is 39.0 Å². The summed E-state index contributed by atoms with van der Waals surface area (Å²) in [6, 6.07) is 0. The number of hydrogen-bond donors (Lipinski definition) is 1. The van der Waals surface area contributed by atoms with Gasteiger partial charge in [-0.25, -0.2) is 0 Å². The Kier molecular flexibility index (Phi) is 3.69. The highest BCUT2D eigenvalue weighted by molar-refractivity contribution is 5.79. The summed E-state index contributed by atoms with van der Waals surface area (Å²) >= 11 is 0. The van der Waals surface area contributed by atoms with Crippen LogP contribution in [0.2, 0.25) is 0 Å². The first-order valence-corrected chi connectivity index (χ1v) is 6.57. The summed E-state index contributed by atoms with van der Waals surface area (Å²) in [4.78, 5) is 24.6. The average Bonchev–Trinajstić information content (AvgIpc) is 2.86. The van der Waals surface area contributed by atoms with Crippen LogP contribution in [0.15, 0.2) is 0 Å². The van der Waals surface area contributed by atoms with E-state index >= 15 is 0 Å². The number of nitrogens with zero attached hydrogens (tertiary/aromatic N) is 1. The van der Waals surface area contributed by atoms with Crippen LogP contribution in [0.5, 0.6) is 0 Å². The third-order valence-electron chi connectivity index (χ3n) is 4.16. The summed E-state index contributed by atoms with van der Waals surface area (Å²) in [5, 5.41) is 8.89. The van der Waals surface area contributed by atoms with Crippen molar-refractivity contribution >= 4 is 11.9 Å². The molecule has 1 heterocycles. The molecule has 2 rings (SSSR count). The zero-order valence-electron chi connectivity index (χ0n) is 10.4. The molecule has 1 aliphatic carbocycles. The second-order valence-electron chi connectivity index (χ2n) is 5.65. The zero-order chi connectivity index (χ0) is 12.4. The lowest BCUT2D eigenvalue weighted by Crippen LogP contribution is -2.31. The van der Waals surface area contributed by atoms with Crippen LogP contribution < -0.4 is 0 Å². The van der Waals surface area contributed by atoms with Gasteiger partial charge in [-0.15, -0.1) is 0 Å². The fourth-order valence-corrected chi connectivity index (χ4v) is 3.07. The van der Waals surface area contributed by atoms with Gasteiger partial charge in [-0.3, -0.25) is 9.59 Å². The maximum Gasteiger partial charge on any atom is 0.308 e. The number of amides is 1. The van der Waals surface area contributed by atoms with Gasteiger partial charge in [-0.1, -0.05) is 13.3 Å². The third-order valence-corrected chi connectivity index (χ3v) is 4.16. The third kappa shape index (κ3) is 2.99. The number of carbonyl (C=O) groups is 2. The number of rotatable bonds is 3. The molecule has 3 unspecified atom stereocenters. The number of carboxylic acids is 1. The average molecular weight is 239 g/mol. The highest BCUT2D eigenvalue weighted by atomic mass is 16.4.